The van der Waals surface area contributed by atoms with Crippen molar-refractivity contribution in [2.45, 2.75) is 39.5 Å². The summed E-state index contributed by atoms with van der Waals surface area (Å²) in [5, 5.41) is 0. The minimum atomic E-state index is 0.270. The second-order valence-corrected chi connectivity index (χ2v) is 4.56. The van der Waals surface area contributed by atoms with Crippen LogP contribution in [-0.4, -0.2) is 5.78 Å². The van der Waals surface area contributed by atoms with Crippen molar-refractivity contribution in [1.29, 1.82) is 0 Å². The van der Waals surface area contributed by atoms with E-state index in [9.17, 15) is 4.79 Å². The van der Waals surface area contributed by atoms with Crippen molar-refractivity contribution < 1.29 is 4.79 Å². The number of hydrogen-bond acceptors (Lipinski definition) is 1. The molecule has 2 atom stereocenters. The molecule has 0 bridgehead atoms. The molecule has 1 fully saturated rings. The third-order valence-electron chi connectivity index (χ3n) is 3.54. The first-order valence-electron chi connectivity index (χ1n) is 4.83. The molecule has 1 saturated carbocycles. The minimum absolute atomic E-state index is 0.270. The van der Waals surface area contributed by atoms with Crippen LogP contribution in [0.4, 0.5) is 0 Å². The maximum absolute atomic E-state index is 11.7. The molecule has 0 saturated heterocycles. The standard InChI is InChI=1S/C11H16O/c1-8-5-7-11(2)6-3-4-9(12)10(8)11/h5,10H,3-4,6-7H2,1-2H3/t10-,11-/m0/s1. The Morgan fingerprint density at radius 1 is 1.58 bits per heavy atom. The van der Waals surface area contributed by atoms with Crippen LogP contribution in [0.2, 0.25) is 0 Å². The molecule has 0 aromatic heterocycles. The van der Waals surface area contributed by atoms with E-state index in [1.165, 1.54) is 12.0 Å². The monoisotopic (exact) mass is 164 g/mol. The zero-order valence-corrected chi connectivity index (χ0v) is 7.89. The Morgan fingerprint density at radius 3 is 3.00 bits per heavy atom. The Bertz CT molecular complexity index is 252. The lowest BCUT2D eigenvalue weighted by atomic mass is 9.67. The van der Waals surface area contributed by atoms with Crippen LogP contribution in [0.5, 0.6) is 0 Å². The van der Waals surface area contributed by atoms with Crippen molar-refractivity contribution in [2.24, 2.45) is 11.3 Å². The van der Waals surface area contributed by atoms with Gasteiger partial charge < -0.3 is 0 Å². The normalized spacial score (nSPS) is 41.0. The summed E-state index contributed by atoms with van der Waals surface area (Å²) in [7, 11) is 0. The summed E-state index contributed by atoms with van der Waals surface area (Å²) < 4.78 is 0. The van der Waals surface area contributed by atoms with E-state index in [2.05, 4.69) is 19.9 Å². The summed E-state index contributed by atoms with van der Waals surface area (Å²) in [6.07, 6.45) is 6.53. The number of allylic oxidation sites excluding steroid dienone is 2. The summed E-state index contributed by atoms with van der Waals surface area (Å²) in [5.41, 5.74) is 1.61. The van der Waals surface area contributed by atoms with E-state index in [0.717, 1.165) is 19.3 Å². The van der Waals surface area contributed by atoms with E-state index in [1.807, 2.05) is 0 Å². The average Bonchev–Trinajstić information content (AvgIpc) is 2.29. The van der Waals surface area contributed by atoms with Crippen LogP contribution in [-0.2, 0) is 4.79 Å². The van der Waals surface area contributed by atoms with Gasteiger partial charge in [-0.2, -0.15) is 0 Å². The number of ketones is 1. The molecule has 0 amide bonds. The zero-order valence-electron chi connectivity index (χ0n) is 7.89. The molecule has 2 aliphatic rings. The molecular weight excluding hydrogens is 148 g/mol. The van der Waals surface area contributed by atoms with Crippen LogP contribution in [0.15, 0.2) is 11.6 Å². The summed E-state index contributed by atoms with van der Waals surface area (Å²) in [5.74, 6) is 0.751. The predicted octanol–water partition coefficient (Wildman–Crippen LogP) is 2.71. The number of carbonyl (C=O) groups is 1. The smallest absolute Gasteiger partial charge is 0.140 e. The van der Waals surface area contributed by atoms with Crippen molar-refractivity contribution in [3.05, 3.63) is 11.6 Å². The van der Waals surface area contributed by atoms with Crippen LogP contribution in [0.1, 0.15) is 39.5 Å². The van der Waals surface area contributed by atoms with Gasteiger partial charge in [-0.1, -0.05) is 18.6 Å². The molecule has 0 aliphatic heterocycles. The molecule has 1 heteroatoms. The van der Waals surface area contributed by atoms with Gasteiger partial charge in [0.2, 0.25) is 0 Å². The van der Waals surface area contributed by atoms with Crippen LogP contribution in [0, 0.1) is 11.3 Å². The maximum atomic E-state index is 11.7. The van der Waals surface area contributed by atoms with Crippen molar-refractivity contribution in [2.75, 3.05) is 0 Å². The summed E-state index contributed by atoms with van der Waals surface area (Å²) in [6.45, 7) is 4.38. The molecule has 0 heterocycles. The Hall–Kier alpha value is -0.590. The van der Waals surface area contributed by atoms with Crippen molar-refractivity contribution in [1.82, 2.24) is 0 Å². The van der Waals surface area contributed by atoms with Crippen molar-refractivity contribution in [3.8, 4) is 0 Å². The Morgan fingerprint density at radius 2 is 2.33 bits per heavy atom. The molecule has 66 valence electrons. The van der Waals surface area contributed by atoms with Gasteiger partial charge in [0.1, 0.15) is 5.78 Å². The first kappa shape index (κ1) is 8.03. The van der Waals surface area contributed by atoms with Gasteiger partial charge in [0, 0.05) is 12.3 Å². The van der Waals surface area contributed by atoms with E-state index < -0.39 is 0 Å². The summed E-state index contributed by atoms with van der Waals surface area (Å²) in [6, 6.07) is 0. The van der Waals surface area contributed by atoms with E-state index >= 15 is 0 Å². The first-order valence-corrected chi connectivity index (χ1v) is 4.83. The SMILES string of the molecule is CC1=CC[C@]2(C)CCCC(=O)[C@H]12. The Labute approximate surface area is 73.8 Å². The van der Waals surface area contributed by atoms with Crippen LogP contribution < -0.4 is 0 Å². The van der Waals surface area contributed by atoms with Gasteiger partial charge in [-0.3, -0.25) is 4.79 Å². The average molecular weight is 164 g/mol. The lowest BCUT2D eigenvalue weighted by Crippen LogP contribution is -2.34. The minimum Gasteiger partial charge on any atom is -0.299 e. The van der Waals surface area contributed by atoms with E-state index in [0.29, 0.717) is 11.2 Å². The Kier molecular flexibility index (Phi) is 1.64. The van der Waals surface area contributed by atoms with Gasteiger partial charge in [-0.05, 0) is 31.6 Å². The highest BCUT2D eigenvalue weighted by Crippen LogP contribution is 2.49. The fourth-order valence-electron chi connectivity index (χ4n) is 2.88. The molecule has 0 spiro atoms. The van der Waals surface area contributed by atoms with Crippen molar-refractivity contribution in [3.63, 3.8) is 0 Å². The topological polar surface area (TPSA) is 17.1 Å². The lowest BCUT2D eigenvalue weighted by molar-refractivity contribution is -0.127. The van der Waals surface area contributed by atoms with Crippen molar-refractivity contribution >= 4 is 5.78 Å². The fraction of sp³-hybridized carbons (Fsp3) is 0.727. The maximum Gasteiger partial charge on any atom is 0.140 e. The molecular formula is C11H16O. The van der Waals surface area contributed by atoms with Crippen LogP contribution in [0.3, 0.4) is 0 Å². The number of rotatable bonds is 0. The third kappa shape index (κ3) is 0.954. The van der Waals surface area contributed by atoms with Gasteiger partial charge in [-0.25, -0.2) is 0 Å². The lowest BCUT2D eigenvalue weighted by Gasteiger charge is -2.36. The largest absolute Gasteiger partial charge is 0.299 e. The molecule has 0 N–H and O–H groups in total. The molecule has 0 unspecified atom stereocenters. The molecule has 2 aliphatic carbocycles. The third-order valence-corrected chi connectivity index (χ3v) is 3.54. The van der Waals surface area contributed by atoms with Gasteiger partial charge >= 0.3 is 0 Å². The summed E-state index contributed by atoms with van der Waals surface area (Å²) >= 11 is 0. The quantitative estimate of drug-likeness (QED) is 0.503. The van der Waals surface area contributed by atoms with Gasteiger partial charge in [-0.15, -0.1) is 0 Å². The van der Waals surface area contributed by atoms with Crippen LogP contribution in [0.25, 0.3) is 0 Å². The second-order valence-electron chi connectivity index (χ2n) is 4.56. The molecule has 1 nitrogen and oxygen atoms in total. The Balaban J connectivity index is 2.32. The first-order chi connectivity index (χ1) is 5.63. The van der Waals surface area contributed by atoms with E-state index in [-0.39, 0.29) is 5.92 Å². The molecule has 0 aromatic rings. The second kappa shape index (κ2) is 2.45. The fourth-order valence-corrected chi connectivity index (χ4v) is 2.88. The number of Topliss-reactive ketones (excluding diaryl/α,β-unsaturated/α-hetero) is 1. The molecule has 0 aromatic carbocycles. The zero-order chi connectivity index (χ0) is 8.77. The van der Waals surface area contributed by atoms with Gasteiger partial charge in [0.05, 0.1) is 0 Å². The molecule has 2 rings (SSSR count). The van der Waals surface area contributed by atoms with Gasteiger partial charge in [0.25, 0.3) is 0 Å². The molecule has 0 radical (unpaired) electrons. The van der Waals surface area contributed by atoms with Gasteiger partial charge in [0.15, 0.2) is 0 Å². The number of carbonyl (C=O) groups excluding carboxylic acids is 1. The number of fused-ring (bicyclic) bond motifs is 1. The number of hydrogen-bond donors (Lipinski definition) is 0. The van der Waals surface area contributed by atoms with E-state index in [1.54, 1.807) is 0 Å². The highest BCUT2D eigenvalue weighted by molar-refractivity contribution is 5.85. The predicted molar refractivity (Wildman–Crippen MR) is 48.8 cm³/mol. The highest BCUT2D eigenvalue weighted by atomic mass is 16.1. The van der Waals surface area contributed by atoms with E-state index in [4.69, 9.17) is 0 Å². The highest BCUT2D eigenvalue weighted by Gasteiger charge is 2.44. The summed E-state index contributed by atoms with van der Waals surface area (Å²) in [4.78, 5) is 11.7. The van der Waals surface area contributed by atoms with Crippen LogP contribution >= 0.6 is 0 Å². The molecule has 12 heavy (non-hydrogen) atoms.